The van der Waals surface area contributed by atoms with Crippen molar-refractivity contribution in [2.45, 2.75) is 6.92 Å². The fraction of sp³-hybridized carbons (Fsp3) is 0.250. The molecule has 0 aliphatic rings. The van der Waals surface area contributed by atoms with Gasteiger partial charge in [0.05, 0.1) is 12.1 Å². The Morgan fingerprint density at radius 1 is 1.28 bits per heavy atom. The summed E-state index contributed by atoms with van der Waals surface area (Å²) >= 11 is 1.34. The van der Waals surface area contributed by atoms with E-state index in [0.717, 1.165) is 9.57 Å². The van der Waals surface area contributed by atoms with Crippen LogP contribution >= 0.6 is 11.3 Å². The van der Waals surface area contributed by atoms with Gasteiger partial charge in [0, 0.05) is 10.4 Å². The summed E-state index contributed by atoms with van der Waals surface area (Å²) in [5, 5.41) is 23.9. The zero-order valence-corrected chi connectivity index (χ0v) is 10.2. The summed E-state index contributed by atoms with van der Waals surface area (Å²) in [6, 6.07) is 0. The van der Waals surface area contributed by atoms with Crippen LogP contribution in [0.15, 0.2) is 5.38 Å². The first kappa shape index (κ1) is 12.1. The summed E-state index contributed by atoms with van der Waals surface area (Å²) in [5.41, 5.74) is 0.385. The molecule has 94 valence electrons. The summed E-state index contributed by atoms with van der Waals surface area (Å²) < 4.78 is 1.06. The van der Waals surface area contributed by atoms with Gasteiger partial charge in [-0.2, -0.15) is 4.57 Å². The van der Waals surface area contributed by atoms with Crippen LogP contribution in [-0.4, -0.2) is 24.4 Å². The number of hydrogen-bond acceptors (Lipinski definition) is 7. The Kier molecular flexibility index (Phi) is 2.79. The van der Waals surface area contributed by atoms with Crippen molar-refractivity contribution in [3.8, 4) is 11.5 Å². The molecule has 0 saturated heterocycles. The SMILES string of the molecule is Cc1nc(-c2nc([N+](=O)[O-])c([N+](=O)[O-])n2C)cs1. The summed E-state index contributed by atoms with van der Waals surface area (Å²) in [6.07, 6.45) is 0. The van der Waals surface area contributed by atoms with Crippen LogP contribution in [0.5, 0.6) is 0 Å². The molecule has 2 rings (SSSR count). The van der Waals surface area contributed by atoms with Gasteiger partial charge >= 0.3 is 17.5 Å². The highest BCUT2D eigenvalue weighted by Crippen LogP contribution is 2.31. The average Bonchev–Trinajstić information content (AvgIpc) is 2.81. The third kappa shape index (κ3) is 1.82. The smallest absolute Gasteiger partial charge is 0.358 e. The maximum absolute atomic E-state index is 10.8. The minimum atomic E-state index is -0.874. The van der Waals surface area contributed by atoms with Gasteiger partial charge in [-0.3, -0.25) is 0 Å². The van der Waals surface area contributed by atoms with E-state index >= 15 is 0 Å². The van der Waals surface area contributed by atoms with Crippen LogP contribution in [0.3, 0.4) is 0 Å². The lowest BCUT2D eigenvalue weighted by Gasteiger charge is -1.93. The first-order valence-electron chi connectivity index (χ1n) is 4.69. The minimum Gasteiger partial charge on any atom is -0.358 e. The van der Waals surface area contributed by atoms with Crippen molar-refractivity contribution in [3.63, 3.8) is 0 Å². The molecule has 18 heavy (non-hydrogen) atoms. The number of nitrogens with zero attached hydrogens (tertiary/aromatic N) is 5. The van der Waals surface area contributed by atoms with Gasteiger partial charge in [-0.15, -0.1) is 11.3 Å². The standard InChI is InChI=1S/C8H7N5O4S/c1-4-9-5(3-18-4)6-10-7(12(14)15)8(11(6)2)13(16)17/h3H,1-2H3. The molecule has 10 heteroatoms. The molecule has 0 bridgehead atoms. The van der Waals surface area contributed by atoms with E-state index < -0.39 is 21.5 Å². The van der Waals surface area contributed by atoms with Gasteiger partial charge in [0.2, 0.25) is 0 Å². The molecular weight excluding hydrogens is 262 g/mol. The molecule has 9 nitrogen and oxygen atoms in total. The van der Waals surface area contributed by atoms with Crippen LogP contribution in [0.1, 0.15) is 5.01 Å². The van der Waals surface area contributed by atoms with Crippen molar-refractivity contribution >= 4 is 23.0 Å². The van der Waals surface area contributed by atoms with Crippen LogP contribution in [0.2, 0.25) is 0 Å². The van der Waals surface area contributed by atoms with Gasteiger partial charge in [0.15, 0.2) is 5.69 Å². The Bertz CT molecular complexity index is 646. The number of thiazole rings is 1. The Morgan fingerprint density at radius 3 is 2.33 bits per heavy atom. The van der Waals surface area contributed by atoms with Gasteiger partial charge in [-0.25, -0.2) is 4.98 Å². The Balaban J connectivity index is 2.67. The van der Waals surface area contributed by atoms with E-state index in [-0.39, 0.29) is 5.82 Å². The molecule has 0 radical (unpaired) electrons. The van der Waals surface area contributed by atoms with Crippen LogP contribution in [0.4, 0.5) is 11.6 Å². The first-order chi connectivity index (χ1) is 8.41. The predicted molar refractivity (Wildman–Crippen MR) is 62.4 cm³/mol. The monoisotopic (exact) mass is 269 g/mol. The molecule has 0 aliphatic heterocycles. The second-order valence-corrected chi connectivity index (χ2v) is 4.47. The second kappa shape index (κ2) is 4.14. The van der Waals surface area contributed by atoms with E-state index in [4.69, 9.17) is 0 Å². The molecule has 2 aromatic rings. The topological polar surface area (TPSA) is 117 Å². The molecule has 0 fully saturated rings. The molecule has 0 spiro atoms. The summed E-state index contributed by atoms with van der Waals surface area (Å²) in [7, 11) is 1.35. The van der Waals surface area contributed by atoms with Crippen molar-refractivity contribution in [1.29, 1.82) is 0 Å². The molecular formula is C8H7N5O4S. The Labute approximate surface area is 104 Å². The van der Waals surface area contributed by atoms with Crippen molar-refractivity contribution in [1.82, 2.24) is 14.5 Å². The van der Waals surface area contributed by atoms with Crippen molar-refractivity contribution in [2.24, 2.45) is 7.05 Å². The predicted octanol–water partition coefficient (Wildman–Crippen LogP) is 1.67. The van der Waals surface area contributed by atoms with Gasteiger partial charge < -0.3 is 20.2 Å². The molecule has 0 atom stereocenters. The molecule has 0 aliphatic carbocycles. The molecule has 0 amide bonds. The lowest BCUT2D eigenvalue weighted by molar-refractivity contribution is -0.428. The van der Waals surface area contributed by atoms with Crippen LogP contribution in [-0.2, 0) is 7.05 Å². The highest BCUT2D eigenvalue weighted by atomic mass is 32.1. The van der Waals surface area contributed by atoms with E-state index in [9.17, 15) is 20.2 Å². The normalized spacial score (nSPS) is 10.6. The fourth-order valence-electron chi connectivity index (χ4n) is 1.50. The van der Waals surface area contributed by atoms with E-state index in [1.165, 1.54) is 18.4 Å². The van der Waals surface area contributed by atoms with E-state index in [2.05, 4.69) is 9.97 Å². The average molecular weight is 269 g/mol. The minimum absolute atomic E-state index is 0.109. The third-order valence-corrected chi connectivity index (χ3v) is 3.01. The van der Waals surface area contributed by atoms with Crippen LogP contribution < -0.4 is 0 Å². The highest BCUT2D eigenvalue weighted by molar-refractivity contribution is 7.09. The summed E-state index contributed by atoms with van der Waals surface area (Å²) in [5.74, 6) is -1.32. The molecule has 0 aromatic carbocycles. The number of nitro groups is 2. The third-order valence-electron chi connectivity index (χ3n) is 2.24. The fourth-order valence-corrected chi connectivity index (χ4v) is 2.09. The number of rotatable bonds is 3. The largest absolute Gasteiger partial charge is 0.463 e. The first-order valence-corrected chi connectivity index (χ1v) is 5.57. The number of imidazole rings is 1. The lowest BCUT2D eigenvalue weighted by atomic mass is 10.4. The van der Waals surface area contributed by atoms with E-state index in [1.807, 2.05) is 0 Å². The number of aromatic nitrogens is 3. The highest BCUT2D eigenvalue weighted by Gasteiger charge is 2.37. The quantitative estimate of drug-likeness (QED) is 0.617. The Morgan fingerprint density at radius 2 is 1.94 bits per heavy atom. The zero-order chi connectivity index (χ0) is 13.4. The maximum atomic E-state index is 10.8. The molecule has 0 N–H and O–H groups in total. The van der Waals surface area contributed by atoms with Gasteiger partial charge in [0.25, 0.3) is 0 Å². The van der Waals surface area contributed by atoms with Crippen LogP contribution in [0.25, 0.3) is 11.5 Å². The lowest BCUT2D eigenvalue weighted by Crippen LogP contribution is -2.01. The van der Waals surface area contributed by atoms with Crippen molar-refractivity contribution < 1.29 is 9.85 Å². The second-order valence-electron chi connectivity index (χ2n) is 3.41. The zero-order valence-electron chi connectivity index (χ0n) is 9.35. The molecule has 2 aromatic heterocycles. The summed E-state index contributed by atoms with van der Waals surface area (Å²) in [6.45, 7) is 1.76. The van der Waals surface area contributed by atoms with E-state index in [1.54, 1.807) is 12.3 Å². The number of hydrogen-bond donors (Lipinski definition) is 0. The molecule has 0 unspecified atom stereocenters. The van der Waals surface area contributed by atoms with Crippen molar-refractivity contribution in [2.75, 3.05) is 0 Å². The maximum Gasteiger partial charge on any atom is 0.463 e. The van der Waals surface area contributed by atoms with Crippen LogP contribution in [0, 0.1) is 27.2 Å². The van der Waals surface area contributed by atoms with Gasteiger partial charge in [-0.1, -0.05) is 0 Å². The summed E-state index contributed by atoms with van der Waals surface area (Å²) in [4.78, 5) is 27.6. The Hall–Kier alpha value is -2.36. The van der Waals surface area contributed by atoms with Crippen molar-refractivity contribution in [3.05, 3.63) is 30.6 Å². The van der Waals surface area contributed by atoms with Gasteiger partial charge in [0.1, 0.15) is 0 Å². The molecule has 0 saturated carbocycles. The van der Waals surface area contributed by atoms with Gasteiger partial charge in [-0.05, 0) is 16.8 Å². The molecule has 2 heterocycles. The van der Waals surface area contributed by atoms with E-state index in [0.29, 0.717) is 5.69 Å². The number of aryl methyl sites for hydroxylation is 1.